The zero-order chi connectivity index (χ0) is 20.8. The Kier molecular flexibility index (Phi) is 4.39. The average Bonchev–Trinajstić information content (AvgIpc) is 3.30. The van der Waals surface area contributed by atoms with E-state index >= 15 is 0 Å². The number of aromatic nitrogens is 5. The van der Waals surface area contributed by atoms with Crippen LogP contribution in [0.1, 0.15) is 21.7 Å². The number of hydrogen-bond donors (Lipinski definition) is 2. The van der Waals surface area contributed by atoms with Crippen LogP contribution >= 0.6 is 0 Å². The van der Waals surface area contributed by atoms with Gasteiger partial charge in [-0.25, -0.2) is 4.98 Å². The van der Waals surface area contributed by atoms with E-state index in [1.807, 2.05) is 49.8 Å². The maximum Gasteiger partial charge on any atom is 0.259 e. The first-order chi connectivity index (χ1) is 14.5. The van der Waals surface area contributed by atoms with Crippen LogP contribution in [0.5, 0.6) is 0 Å². The Morgan fingerprint density at radius 3 is 2.70 bits per heavy atom. The number of amides is 1. The summed E-state index contributed by atoms with van der Waals surface area (Å²) in [6.07, 6.45) is 5.68. The minimum atomic E-state index is -0.226. The number of carbonyl (C=O) groups excluding carboxylic acids is 1. The quantitative estimate of drug-likeness (QED) is 0.542. The van der Waals surface area contributed by atoms with Crippen molar-refractivity contribution < 1.29 is 4.79 Å². The molecule has 30 heavy (non-hydrogen) atoms. The molecule has 9 heteroatoms. The van der Waals surface area contributed by atoms with Crippen LogP contribution in [0.25, 0.3) is 16.6 Å². The van der Waals surface area contributed by atoms with Crippen LogP contribution in [0, 0.1) is 13.8 Å². The molecule has 0 bridgehead atoms. The number of piperazine rings is 1. The van der Waals surface area contributed by atoms with Crippen LogP contribution in [0.2, 0.25) is 0 Å². The molecule has 2 N–H and O–H groups in total. The van der Waals surface area contributed by atoms with Gasteiger partial charge >= 0.3 is 0 Å². The van der Waals surface area contributed by atoms with Crippen molar-refractivity contribution in [2.45, 2.75) is 13.8 Å². The lowest BCUT2D eigenvalue weighted by atomic mass is 10.1. The molecule has 1 saturated heterocycles. The number of carbonyl (C=O) groups is 1. The molecule has 0 radical (unpaired) electrons. The van der Waals surface area contributed by atoms with Gasteiger partial charge in [-0.1, -0.05) is 0 Å². The summed E-state index contributed by atoms with van der Waals surface area (Å²) in [7, 11) is 1.88. The Bertz CT molecular complexity index is 1270. The minimum absolute atomic E-state index is 0.226. The molecule has 1 aromatic carbocycles. The summed E-state index contributed by atoms with van der Waals surface area (Å²) < 4.78 is 3.65. The number of aryl methyl sites for hydroxylation is 3. The third-order valence-corrected chi connectivity index (χ3v) is 5.44. The first-order valence-electron chi connectivity index (χ1n) is 10.1. The molecule has 1 fully saturated rings. The monoisotopic (exact) mass is 404 g/mol. The van der Waals surface area contributed by atoms with Gasteiger partial charge in [-0.2, -0.15) is 5.10 Å². The van der Waals surface area contributed by atoms with Crippen LogP contribution < -0.4 is 15.5 Å². The number of nitrogens with zero attached hydrogens (tertiary/aromatic N) is 6. The topological polar surface area (TPSA) is 92.4 Å². The first kappa shape index (κ1) is 18.6. The molecule has 1 amide bonds. The largest absolute Gasteiger partial charge is 0.368 e. The molecule has 1 aliphatic heterocycles. The van der Waals surface area contributed by atoms with Gasteiger partial charge in [0.05, 0.1) is 23.1 Å². The van der Waals surface area contributed by atoms with Gasteiger partial charge in [0.1, 0.15) is 5.52 Å². The molecular formula is C21H24N8O. The second-order valence-electron chi connectivity index (χ2n) is 7.71. The molecular weight excluding hydrogens is 380 g/mol. The first-order valence-corrected chi connectivity index (χ1v) is 10.1. The maximum atomic E-state index is 13.1. The van der Waals surface area contributed by atoms with E-state index in [0.717, 1.165) is 54.3 Å². The SMILES string of the molecule is Cc1cn2cc(NC(=O)c3ccc(N4CCNCC4)c4cn(C)nc34)nc2c(C)n1. The summed E-state index contributed by atoms with van der Waals surface area (Å²) in [6.45, 7) is 7.61. The fourth-order valence-corrected chi connectivity index (χ4v) is 4.12. The fourth-order valence-electron chi connectivity index (χ4n) is 4.12. The molecule has 154 valence electrons. The molecule has 0 spiro atoms. The Morgan fingerprint density at radius 2 is 1.90 bits per heavy atom. The molecule has 0 saturated carbocycles. The Balaban J connectivity index is 1.50. The third kappa shape index (κ3) is 3.17. The summed E-state index contributed by atoms with van der Waals surface area (Å²) in [5, 5.41) is 11.9. The van der Waals surface area contributed by atoms with Gasteiger partial charge in [-0.05, 0) is 26.0 Å². The number of nitrogens with one attached hydrogen (secondary N) is 2. The molecule has 5 rings (SSSR count). The number of anilines is 2. The van der Waals surface area contributed by atoms with Gasteiger partial charge in [0.15, 0.2) is 11.5 Å². The van der Waals surface area contributed by atoms with Crippen molar-refractivity contribution in [1.29, 1.82) is 0 Å². The highest BCUT2D eigenvalue weighted by atomic mass is 16.1. The van der Waals surface area contributed by atoms with E-state index in [1.54, 1.807) is 10.9 Å². The highest BCUT2D eigenvalue weighted by Crippen LogP contribution is 2.29. The fraction of sp³-hybridized carbons (Fsp3) is 0.333. The molecule has 0 atom stereocenters. The highest BCUT2D eigenvalue weighted by Gasteiger charge is 2.20. The minimum Gasteiger partial charge on any atom is -0.368 e. The van der Waals surface area contributed by atoms with Crippen LogP contribution in [-0.2, 0) is 7.05 Å². The normalized spacial score (nSPS) is 14.6. The van der Waals surface area contributed by atoms with E-state index in [1.165, 1.54) is 0 Å². The van der Waals surface area contributed by atoms with E-state index < -0.39 is 0 Å². The Hall–Kier alpha value is -3.46. The number of rotatable bonds is 3. The molecule has 1 aliphatic rings. The molecule has 9 nitrogen and oxygen atoms in total. The molecule has 3 aromatic heterocycles. The van der Waals surface area contributed by atoms with Gasteiger partial charge in [-0.3, -0.25) is 14.5 Å². The Labute approximate surface area is 173 Å². The van der Waals surface area contributed by atoms with Crippen molar-refractivity contribution in [3.8, 4) is 0 Å². The van der Waals surface area contributed by atoms with Gasteiger partial charge < -0.3 is 19.9 Å². The van der Waals surface area contributed by atoms with Crippen molar-refractivity contribution in [2.75, 3.05) is 36.4 Å². The highest BCUT2D eigenvalue weighted by molar-refractivity contribution is 6.13. The van der Waals surface area contributed by atoms with E-state index in [-0.39, 0.29) is 5.91 Å². The van der Waals surface area contributed by atoms with E-state index in [0.29, 0.717) is 16.9 Å². The predicted molar refractivity (Wildman–Crippen MR) is 116 cm³/mol. The number of imidazole rings is 1. The van der Waals surface area contributed by atoms with E-state index in [2.05, 4.69) is 30.6 Å². The van der Waals surface area contributed by atoms with Crippen LogP contribution in [0.15, 0.2) is 30.7 Å². The summed E-state index contributed by atoms with van der Waals surface area (Å²) in [5.41, 5.74) is 4.79. The predicted octanol–water partition coefficient (Wildman–Crippen LogP) is 1.89. The average molecular weight is 404 g/mol. The van der Waals surface area contributed by atoms with Gasteiger partial charge in [0.25, 0.3) is 5.91 Å². The number of fused-ring (bicyclic) bond motifs is 2. The second-order valence-corrected chi connectivity index (χ2v) is 7.71. The zero-order valence-electron chi connectivity index (χ0n) is 17.3. The number of benzene rings is 1. The number of hydrogen-bond acceptors (Lipinski definition) is 6. The van der Waals surface area contributed by atoms with Crippen LogP contribution in [0.3, 0.4) is 0 Å². The maximum absolute atomic E-state index is 13.1. The second kappa shape index (κ2) is 7.10. The lowest BCUT2D eigenvalue weighted by Crippen LogP contribution is -2.43. The van der Waals surface area contributed by atoms with Crippen LogP contribution in [-0.4, -0.2) is 56.2 Å². The van der Waals surface area contributed by atoms with Crippen molar-refractivity contribution in [1.82, 2.24) is 29.5 Å². The van der Waals surface area contributed by atoms with E-state index in [4.69, 9.17) is 0 Å². The van der Waals surface area contributed by atoms with Crippen molar-refractivity contribution in [3.05, 3.63) is 47.7 Å². The summed E-state index contributed by atoms with van der Waals surface area (Å²) in [5.74, 6) is 0.266. The zero-order valence-corrected chi connectivity index (χ0v) is 17.3. The smallest absolute Gasteiger partial charge is 0.259 e. The van der Waals surface area contributed by atoms with Gasteiger partial charge in [0.2, 0.25) is 0 Å². The molecule has 4 aromatic rings. The molecule has 0 aliphatic carbocycles. The lowest BCUT2D eigenvalue weighted by Gasteiger charge is -2.30. The van der Waals surface area contributed by atoms with E-state index in [9.17, 15) is 4.79 Å². The third-order valence-electron chi connectivity index (χ3n) is 5.44. The van der Waals surface area contributed by atoms with Crippen molar-refractivity contribution in [3.63, 3.8) is 0 Å². The van der Waals surface area contributed by atoms with Crippen LogP contribution in [0.4, 0.5) is 11.5 Å². The Morgan fingerprint density at radius 1 is 1.10 bits per heavy atom. The standard InChI is InChI=1S/C21H24N8O/c1-13-10-29-12-18(24-20(29)14(2)23-13)25-21(30)15-4-5-17(28-8-6-22-7-9-28)16-11-27(3)26-19(15)16/h4-5,10-12,22H,6-9H2,1-3H3,(H,25,30). The summed E-state index contributed by atoms with van der Waals surface area (Å²) in [4.78, 5) is 24.4. The summed E-state index contributed by atoms with van der Waals surface area (Å²) >= 11 is 0. The summed E-state index contributed by atoms with van der Waals surface area (Å²) in [6, 6.07) is 3.88. The van der Waals surface area contributed by atoms with Crippen molar-refractivity contribution >= 4 is 34.0 Å². The lowest BCUT2D eigenvalue weighted by molar-refractivity contribution is 0.102. The van der Waals surface area contributed by atoms with Crippen molar-refractivity contribution in [2.24, 2.45) is 7.05 Å². The molecule has 0 unspecified atom stereocenters. The molecule has 4 heterocycles. The van der Waals surface area contributed by atoms with Gasteiger partial charge in [-0.15, -0.1) is 0 Å². The van der Waals surface area contributed by atoms with Gasteiger partial charge in [0, 0.05) is 56.7 Å².